The molecule has 0 unspecified atom stereocenters. The number of benzene rings is 1. The summed E-state index contributed by atoms with van der Waals surface area (Å²) < 4.78 is 0. The van der Waals surface area contributed by atoms with E-state index < -0.39 is 138 Å². The van der Waals surface area contributed by atoms with Crippen LogP contribution in [0, 0.1) is 11.8 Å². The van der Waals surface area contributed by atoms with E-state index in [0.717, 1.165) is 0 Å². The molecule has 10 atom stereocenters. The molecule has 13 N–H and O–H groups in total. The maximum absolute atomic E-state index is 14.0. The molecule has 0 saturated carbocycles. The average molecular weight is 934 g/mol. The number of likely N-dealkylation sites (tertiary alicyclic amines) is 1. The van der Waals surface area contributed by atoms with Crippen LogP contribution in [-0.4, -0.2) is 152 Å². The van der Waals surface area contributed by atoms with Crippen molar-refractivity contribution in [2.75, 3.05) is 6.54 Å². The third-order valence-electron chi connectivity index (χ3n) is 10.6. The Labute approximate surface area is 383 Å². The molecular formula is C43H67N9O14. The lowest BCUT2D eigenvalue weighted by atomic mass is 9.99. The molecule has 1 aliphatic heterocycles. The molecule has 0 aromatic heterocycles. The summed E-state index contributed by atoms with van der Waals surface area (Å²) in [5.74, 6) is -10.3. The van der Waals surface area contributed by atoms with Gasteiger partial charge in [0.1, 0.15) is 54.1 Å². The van der Waals surface area contributed by atoms with E-state index in [9.17, 15) is 68.4 Å². The number of carboxylic acids is 2. The Balaban J connectivity index is 2.32. The van der Waals surface area contributed by atoms with Crippen molar-refractivity contribution in [3.8, 4) is 5.75 Å². The first-order valence-corrected chi connectivity index (χ1v) is 21.8. The summed E-state index contributed by atoms with van der Waals surface area (Å²) in [6, 6.07) is -6.14. The van der Waals surface area contributed by atoms with Crippen LogP contribution < -0.4 is 43.0 Å². The Kier molecular flexibility index (Phi) is 21.9. The molecule has 0 bridgehead atoms. The molecule has 66 heavy (non-hydrogen) atoms. The largest absolute Gasteiger partial charge is 0.508 e. The van der Waals surface area contributed by atoms with E-state index >= 15 is 0 Å². The van der Waals surface area contributed by atoms with Crippen molar-refractivity contribution in [3.63, 3.8) is 0 Å². The van der Waals surface area contributed by atoms with Crippen LogP contribution in [0.4, 0.5) is 0 Å². The van der Waals surface area contributed by atoms with Gasteiger partial charge in [-0.1, -0.05) is 39.8 Å². The van der Waals surface area contributed by atoms with E-state index in [2.05, 4.69) is 37.2 Å². The summed E-state index contributed by atoms with van der Waals surface area (Å²) >= 11 is 0. The van der Waals surface area contributed by atoms with Gasteiger partial charge in [0, 0.05) is 19.4 Å². The zero-order valence-electron chi connectivity index (χ0n) is 38.6. The van der Waals surface area contributed by atoms with Gasteiger partial charge in [0.2, 0.25) is 47.3 Å². The third-order valence-corrected chi connectivity index (χ3v) is 10.6. The number of nitrogens with one attached hydrogen (secondary N) is 7. The highest BCUT2D eigenvalue weighted by atomic mass is 16.4. The fourth-order valence-corrected chi connectivity index (χ4v) is 6.90. The van der Waals surface area contributed by atoms with Crippen molar-refractivity contribution in [2.45, 2.75) is 154 Å². The number of carbonyl (C=O) groups is 10. The van der Waals surface area contributed by atoms with Crippen LogP contribution in [0.5, 0.6) is 5.75 Å². The Morgan fingerprint density at radius 1 is 0.667 bits per heavy atom. The van der Waals surface area contributed by atoms with Crippen molar-refractivity contribution in [1.29, 1.82) is 0 Å². The zero-order valence-corrected chi connectivity index (χ0v) is 38.6. The van der Waals surface area contributed by atoms with Crippen LogP contribution in [0.25, 0.3) is 0 Å². The summed E-state index contributed by atoms with van der Waals surface area (Å²) in [4.78, 5) is 132. The molecule has 8 amide bonds. The number of rotatable bonds is 25. The van der Waals surface area contributed by atoms with Crippen LogP contribution in [0.2, 0.25) is 0 Å². The minimum Gasteiger partial charge on any atom is -0.508 e. The summed E-state index contributed by atoms with van der Waals surface area (Å²) in [6.45, 7) is 12.1. The van der Waals surface area contributed by atoms with Gasteiger partial charge in [-0.3, -0.25) is 47.9 Å². The Morgan fingerprint density at radius 2 is 1.20 bits per heavy atom. The molecule has 23 nitrogen and oxygen atoms in total. The number of aliphatic hydroxyl groups is 1. The lowest BCUT2D eigenvalue weighted by molar-refractivity contribution is -0.142. The molecule has 0 radical (unpaired) electrons. The first kappa shape index (κ1) is 55.8. The van der Waals surface area contributed by atoms with Gasteiger partial charge < -0.3 is 68.3 Å². The molecule has 368 valence electrons. The fraction of sp³-hybridized carbons (Fsp3) is 0.628. The summed E-state index contributed by atoms with van der Waals surface area (Å²) in [7, 11) is 0. The number of nitrogens with zero attached hydrogens (tertiary/aromatic N) is 1. The fourth-order valence-electron chi connectivity index (χ4n) is 6.90. The average Bonchev–Trinajstić information content (AvgIpc) is 3.72. The lowest BCUT2D eigenvalue weighted by Crippen LogP contribution is -2.62. The normalized spacial score (nSPS) is 17.6. The molecule has 1 fully saturated rings. The highest BCUT2D eigenvalue weighted by molar-refractivity contribution is 5.98. The van der Waals surface area contributed by atoms with E-state index in [1.54, 1.807) is 13.8 Å². The number of nitrogens with two attached hydrogens (primary N) is 1. The van der Waals surface area contributed by atoms with Gasteiger partial charge in [0.05, 0.1) is 12.1 Å². The van der Waals surface area contributed by atoms with E-state index in [4.69, 9.17) is 5.73 Å². The van der Waals surface area contributed by atoms with Crippen LogP contribution in [0.1, 0.15) is 93.1 Å². The second-order valence-electron chi connectivity index (χ2n) is 17.4. The second kappa shape index (κ2) is 26.0. The van der Waals surface area contributed by atoms with Gasteiger partial charge in [0.25, 0.3) is 0 Å². The van der Waals surface area contributed by atoms with E-state index in [1.165, 1.54) is 70.7 Å². The van der Waals surface area contributed by atoms with Crippen LogP contribution in [0.3, 0.4) is 0 Å². The number of aromatic hydroxyl groups is 1. The van der Waals surface area contributed by atoms with E-state index in [-0.39, 0.29) is 24.5 Å². The summed E-state index contributed by atoms with van der Waals surface area (Å²) in [5, 5.41) is 56.4. The molecule has 1 heterocycles. The summed E-state index contributed by atoms with van der Waals surface area (Å²) in [5.41, 5.74) is 6.20. The molecule has 1 saturated heterocycles. The van der Waals surface area contributed by atoms with E-state index in [0.29, 0.717) is 24.9 Å². The number of carbonyl (C=O) groups excluding carboxylic acids is 8. The molecule has 0 aliphatic carbocycles. The zero-order chi connectivity index (χ0) is 50.2. The highest BCUT2D eigenvalue weighted by Gasteiger charge is 2.38. The van der Waals surface area contributed by atoms with Crippen LogP contribution in [-0.2, 0) is 54.4 Å². The predicted molar refractivity (Wildman–Crippen MR) is 236 cm³/mol. The number of hydrogen-bond acceptors (Lipinski definition) is 13. The van der Waals surface area contributed by atoms with Gasteiger partial charge in [-0.05, 0) is 82.9 Å². The van der Waals surface area contributed by atoms with Crippen LogP contribution >= 0.6 is 0 Å². The number of phenolic OH excluding ortho intramolecular Hbond substituents is 1. The predicted octanol–water partition coefficient (Wildman–Crippen LogP) is -2.26. The van der Waals surface area contributed by atoms with Gasteiger partial charge in [-0.25, -0.2) is 0 Å². The number of carboxylic acid groups (broad SMARTS) is 2. The lowest BCUT2D eigenvalue weighted by Gasteiger charge is -2.30. The van der Waals surface area contributed by atoms with Gasteiger partial charge >= 0.3 is 11.9 Å². The van der Waals surface area contributed by atoms with Crippen molar-refractivity contribution in [3.05, 3.63) is 29.8 Å². The Hall–Kier alpha value is -6.36. The highest BCUT2D eigenvalue weighted by Crippen LogP contribution is 2.19. The number of aliphatic carboxylic acids is 2. The third kappa shape index (κ3) is 17.6. The molecular weight excluding hydrogens is 867 g/mol. The van der Waals surface area contributed by atoms with Gasteiger partial charge in [0.15, 0.2) is 0 Å². The van der Waals surface area contributed by atoms with Crippen LogP contribution in [0.15, 0.2) is 24.3 Å². The summed E-state index contributed by atoms with van der Waals surface area (Å²) in [6.07, 6.45) is -1.95. The van der Waals surface area contributed by atoms with Crippen molar-refractivity contribution in [2.24, 2.45) is 17.6 Å². The SMILES string of the molecule is CC(C)C[C@H](NC(=O)[C@H](CCC(=O)O)NC(=O)[C@@H](NC(=O)[C@@H](NC(=O)[C@H](Cc1ccc(O)cc1)NC(=O)[C@H](C)NC(=O)[C@@H]1CCCN1C(=O)[C@H](C)N)[C@@H](C)O)C(C)C)C(=O)N[C@@H](C)C(=O)O. The molecule has 2 rings (SSSR count). The smallest absolute Gasteiger partial charge is 0.325 e. The van der Waals surface area contributed by atoms with Crippen molar-refractivity contribution >= 4 is 59.2 Å². The number of hydrogen-bond donors (Lipinski definition) is 12. The topological polar surface area (TPSA) is 365 Å². The maximum atomic E-state index is 14.0. The number of amides is 8. The molecule has 0 spiro atoms. The minimum atomic E-state index is -1.76. The number of phenols is 1. The molecule has 23 heteroatoms. The molecule has 1 aromatic carbocycles. The first-order chi connectivity index (χ1) is 30.7. The number of aliphatic hydroxyl groups excluding tert-OH is 1. The Bertz CT molecular complexity index is 1910. The maximum Gasteiger partial charge on any atom is 0.325 e. The van der Waals surface area contributed by atoms with Gasteiger partial charge in [-0.2, -0.15) is 0 Å². The first-order valence-electron chi connectivity index (χ1n) is 21.8. The molecule has 1 aromatic rings. The minimum absolute atomic E-state index is 0.0488. The Morgan fingerprint density at radius 3 is 1.73 bits per heavy atom. The quantitative estimate of drug-likeness (QED) is 0.0492. The van der Waals surface area contributed by atoms with Gasteiger partial charge in [-0.15, -0.1) is 0 Å². The van der Waals surface area contributed by atoms with E-state index in [1.807, 2.05) is 0 Å². The van der Waals surface area contributed by atoms with Crippen molar-refractivity contribution < 1.29 is 68.4 Å². The van der Waals surface area contributed by atoms with Crippen molar-refractivity contribution in [1.82, 2.24) is 42.1 Å². The second-order valence-corrected chi connectivity index (χ2v) is 17.4. The standard InChI is InChI=1S/C43H67N9O14/c1-20(2)18-29(37(59)46-24(7)43(65)66)49-36(58)28(15-16-32(55)56)47-40(62)33(21(3)4)50-41(63)34(25(8)53)51-38(60)30(19-26-11-13-27(54)14-12-26)48-35(57)23(6)45-39(61)31-10-9-17-52(31)42(64)22(5)44/h11-14,20-25,28-31,33-34,53-54H,9-10,15-19,44H2,1-8H3,(H,45,61)(H,46,59)(H,47,62)(H,48,57)(H,49,58)(H,50,63)(H,51,60)(H,55,56)(H,65,66)/t22-,23-,24-,25+,28-,29-,30-,31-,33-,34-/m0/s1. The monoisotopic (exact) mass is 933 g/mol. The molecule has 1 aliphatic rings.